The van der Waals surface area contributed by atoms with Crippen molar-refractivity contribution in [2.24, 2.45) is 11.8 Å². The molecule has 0 saturated carbocycles. The first kappa shape index (κ1) is 18.0. The van der Waals surface area contributed by atoms with E-state index in [1.54, 1.807) is 0 Å². The summed E-state index contributed by atoms with van der Waals surface area (Å²) in [5, 5.41) is 0. The molecule has 1 aromatic carbocycles. The van der Waals surface area contributed by atoms with Crippen molar-refractivity contribution in [1.82, 2.24) is 15.0 Å². The summed E-state index contributed by atoms with van der Waals surface area (Å²) in [6, 6.07) is 8.40. The second-order valence-corrected chi connectivity index (χ2v) is 6.10. The van der Waals surface area contributed by atoms with Crippen molar-refractivity contribution in [1.29, 1.82) is 0 Å². The Morgan fingerprint density at radius 1 is 0.833 bits per heavy atom. The van der Waals surface area contributed by atoms with Crippen molar-refractivity contribution >= 4 is 0 Å². The first-order chi connectivity index (χ1) is 11.5. The van der Waals surface area contributed by atoms with E-state index in [4.69, 9.17) is 14.2 Å². The minimum Gasteiger partial charge on any atom is -0.467 e. The molecule has 0 aliphatic heterocycles. The highest BCUT2D eigenvalue weighted by Gasteiger charge is 2.10. The summed E-state index contributed by atoms with van der Waals surface area (Å²) in [7, 11) is 2.96. The molecule has 0 amide bonds. The largest absolute Gasteiger partial charge is 0.467 e. The zero-order valence-electron chi connectivity index (χ0n) is 14.9. The van der Waals surface area contributed by atoms with E-state index in [9.17, 15) is 0 Å². The van der Waals surface area contributed by atoms with Crippen LogP contribution in [0.2, 0.25) is 0 Å². The van der Waals surface area contributed by atoms with E-state index < -0.39 is 0 Å². The van der Waals surface area contributed by atoms with Gasteiger partial charge >= 0.3 is 18.0 Å². The van der Waals surface area contributed by atoms with Gasteiger partial charge in [0.25, 0.3) is 0 Å². The van der Waals surface area contributed by atoms with Gasteiger partial charge in [0.2, 0.25) is 0 Å². The fourth-order valence-corrected chi connectivity index (χ4v) is 2.11. The summed E-state index contributed by atoms with van der Waals surface area (Å²) >= 11 is 0. The molecule has 1 heterocycles. The molecule has 6 heteroatoms. The first-order valence-corrected chi connectivity index (χ1v) is 8.12. The molecule has 2 aromatic rings. The Hall–Kier alpha value is -2.37. The SMILES string of the molecule is COc1nc(OC)nc(Oc2ccc(CCC(C)C(C)C)cc2)n1. The molecular formula is C18H25N3O3. The van der Waals surface area contributed by atoms with E-state index in [1.807, 2.05) is 12.1 Å². The molecule has 1 atom stereocenters. The van der Waals surface area contributed by atoms with Crippen LogP contribution in [-0.4, -0.2) is 29.2 Å². The lowest BCUT2D eigenvalue weighted by atomic mass is 9.91. The van der Waals surface area contributed by atoms with Gasteiger partial charge in [-0.25, -0.2) is 0 Å². The predicted molar refractivity (Wildman–Crippen MR) is 91.8 cm³/mol. The molecule has 6 nitrogen and oxygen atoms in total. The summed E-state index contributed by atoms with van der Waals surface area (Å²) in [5.74, 6) is 2.08. The lowest BCUT2D eigenvalue weighted by molar-refractivity contribution is 0.320. The molecule has 0 fully saturated rings. The number of ether oxygens (including phenoxy) is 3. The van der Waals surface area contributed by atoms with E-state index in [2.05, 4.69) is 47.9 Å². The van der Waals surface area contributed by atoms with Crippen LogP contribution in [0.15, 0.2) is 24.3 Å². The van der Waals surface area contributed by atoms with Crippen LogP contribution < -0.4 is 14.2 Å². The highest BCUT2D eigenvalue weighted by molar-refractivity contribution is 5.29. The molecule has 0 radical (unpaired) electrons. The number of hydrogen-bond donors (Lipinski definition) is 0. The van der Waals surface area contributed by atoms with Crippen LogP contribution in [0.3, 0.4) is 0 Å². The maximum atomic E-state index is 5.66. The Bertz CT molecular complexity index is 622. The van der Waals surface area contributed by atoms with Crippen LogP contribution in [0.1, 0.15) is 32.8 Å². The number of methoxy groups -OCH3 is 2. The van der Waals surface area contributed by atoms with Crippen LogP contribution in [0.5, 0.6) is 23.8 Å². The summed E-state index contributed by atoms with van der Waals surface area (Å²) < 4.78 is 15.7. The van der Waals surface area contributed by atoms with Crippen molar-refractivity contribution < 1.29 is 14.2 Å². The number of hydrogen-bond acceptors (Lipinski definition) is 6. The minimum atomic E-state index is 0.139. The number of aromatic nitrogens is 3. The molecule has 1 unspecified atom stereocenters. The minimum absolute atomic E-state index is 0.139. The third-order valence-corrected chi connectivity index (χ3v) is 4.10. The monoisotopic (exact) mass is 331 g/mol. The van der Waals surface area contributed by atoms with Gasteiger partial charge in [-0.05, 0) is 42.4 Å². The van der Waals surface area contributed by atoms with E-state index >= 15 is 0 Å². The second-order valence-electron chi connectivity index (χ2n) is 6.10. The van der Waals surface area contributed by atoms with Crippen molar-refractivity contribution in [3.63, 3.8) is 0 Å². The molecule has 2 rings (SSSR count). The molecule has 24 heavy (non-hydrogen) atoms. The quantitative estimate of drug-likeness (QED) is 0.731. The molecule has 0 aliphatic carbocycles. The maximum absolute atomic E-state index is 5.66. The lowest BCUT2D eigenvalue weighted by Gasteiger charge is -2.15. The summed E-state index contributed by atoms with van der Waals surface area (Å²) in [4.78, 5) is 12.0. The van der Waals surface area contributed by atoms with E-state index in [-0.39, 0.29) is 18.0 Å². The number of benzene rings is 1. The van der Waals surface area contributed by atoms with Gasteiger partial charge in [0.05, 0.1) is 14.2 Å². The Morgan fingerprint density at radius 3 is 1.88 bits per heavy atom. The number of aryl methyl sites for hydroxylation is 1. The van der Waals surface area contributed by atoms with Gasteiger partial charge in [-0.15, -0.1) is 15.0 Å². The van der Waals surface area contributed by atoms with Gasteiger partial charge in [-0.1, -0.05) is 32.9 Å². The van der Waals surface area contributed by atoms with Crippen molar-refractivity contribution in [2.45, 2.75) is 33.6 Å². The average molecular weight is 331 g/mol. The van der Waals surface area contributed by atoms with Gasteiger partial charge in [-0.2, -0.15) is 0 Å². The second kappa shape index (κ2) is 8.47. The van der Waals surface area contributed by atoms with Gasteiger partial charge in [0.1, 0.15) is 5.75 Å². The fraction of sp³-hybridized carbons (Fsp3) is 0.500. The number of nitrogens with zero attached hydrogens (tertiary/aromatic N) is 3. The van der Waals surface area contributed by atoms with Crippen molar-refractivity contribution in [3.05, 3.63) is 29.8 Å². The zero-order chi connectivity index (χ0) is 17.5. The van der Waals surface area contributed by atoms with E-state index in [0.29, 0.717) is 17.6 Å². The normalized spacial score (nSPS) is 12.1. The molecule has 130 valence electrons. The molecule has 1 aromatic heterocycles. The highest BCUT2D eigenvalue weighted by Crippen LogP contribution is 2.23. The zero-order valence-corrected chi connectivity index (χ0v) is 14.9. The molecule has 0 aliphatic rings. The van der Waals surface area contributed by atoms with Gasteiger partial charge in [0, 0.05) is 0 Å². The third kappa shape index (κ3) is 5.08. The van der Waals surface area contributed by atoms with Crippen LogP contribution in [0.25, 0.3) is 0 Å². The highest BCUT2D eigenvalue weighted by atomic mass is 16.5. The van der Waals surface area contributed by atoms with E-state index in [0.717, 1.165) is 6.42 Å². The first-order valence-electron chi connectivity index (χ1n) is 8.12. The Kier molecular flexibility index (Phi) is 6.35. The van der Waals surface area contributed by atoms with Gasteiger partial charge in [-0.3, -0.25) is 0 Å². The predicted octanol–water partition coefficient (Wildman–Crippen LogP) is 3.91. The van der Waals surface area contributed by atoms with Crippen LogP contribution in [0.4, 0.5) is 0 Å². The number of rotatable bonds is 8. The fourth-order valence-electron chi connectivity index (χ4n) is 2.11. The van der Waals surface area contributed by atoms with Crippen LogP contribution in [-0.2, 0) is 6.42 Å². The summed E-state index contributed by atoms with van der Waals surface area (Å²) in [6.45, 7) is 6.82. The third-order valence-electron chi connectivity index (χ3n) is 4.10. The van der Waals surface area contributed by atoms with Crippen LogP contribution >= 0.6 is 0 Å². The lowest BCUT2D eigenvalue weighted by Crippen LogP contribution is -2.05. The standard InChI is InChI=1S/C18H25N3O3/c1-12(2)13(3)6-7-14-8-10-15(11-9-14)24-18-20-16(22-4)19-17(21-18)23-5/h8-13H,6-7H2,1-5H3. The summed E-state index contributed by atoms with van der Waals surface area (Å²) in [5.41, 5.74) is 1.29. The van der Waals surface area contributed by atoms with Crippen LogP contribution in [0, 0.1) is 11.8 Å². The molecule has 0 N–H and O–H groups in total. The topological polar surface area (TPSA) is 66.4 Å². The average Bonchev–Trinajstić information content (AvgIpc) is 2.60. The Morgan fingerprint density at radius 2 is 1.38 bits per heavy atom. The van der Waals surface area contributed by atoms with Crippen molar-refractivity contribution in [3.8, 4) is 23.8 Å². The maximum Gasteiger partial charge on any atom is 0.331 e. The molecule has 0 saturated heterocycles. The van der Waals surface area contributed by atoms with Gasteiger partial charge < -0.3 is 14.2 Å². The van der Waals surface area contributed by atoms with Crippen molar-refractivity contribution in [2.75, 3.05) is 14.2 Å². The molecule has 0 bridgehead atoms. The summed E-state index contributed by atoms with van der Waals surface area (Å²) in [6.07, 6.45) is 2.24. The van der Waals surface area contributed by atoms with Gasteiger partial charge in [0.15, 0.2) is 0 Å². The smallest absolute Gasteiger partial charge is 0.331 e. The van der Waals surface area contributed by atoms with E-state index in [1.165, 1.54) is 26.2 Å². The molecule has 0 spiro atoms. The Balaban J connectivity index is 2.01. The molecular weight excluding hydrogens is 306 g/mol. The Labute approximate surface area is 143 Å².